The van der Waals surface area contributed by atoms with Crippen molar-refractivity contribution in [3.8, 4) is 0 Å². The third kappa shape index (κ3) is 4.11. The molecule has 0 aliphatic rings. The first-order valence-corrected chi connectivity index (χ1v) is 4.80. The fraction of sp³-hybridized carbons (Fsp3) is 0.500. The third-order valence-electron chi connectivity index (χ3n) is 1.98. The Balaban J connectivity index is 2.69. The highest BCUT2D eigenvalue weighted by Crippen LogP contribution is 2.06. The molecule has 0 atom stereocenters. The molecule has 0 radical (unpaired) electrons. The lowest BCUT2D eigenvalue weighted by Crippen LogP contribution is -2.13. The molecule has 1 heterocycles. The number of nitrogens with one attached hydrogen (secondary N) is 1. The molecule has 1 aromatic rings. The third-order valence-corrected chi connectivity index (χ3v) is 1.98. The van der Waals surface area contributed by atoms with Crippen LogP contribution < -0.4 is 5.56 Å². The van der Waals surface area contributed by atoms with Crippen molar-refractivity contribution in [1.82, 2.24) is 4.98 Å². The Kier molecular flexibility index (Phi) is 5.73. The maximum atomic E-state index is 11.1. The minimum absolute atomic E-state index is 0.159. The van der Waals surface area contributed by atoms with Gasteiger partial charge in [-0.2, -0.15) is 0 Å². The van der Waals surface area contributed by atoms with Gasteiger partial charge in [0.15, 0.2) is 0 Å². The molecule has 0 spiro atoms. The second kappa shape index (κ2) is 7.13. The Labute approximate surface area is 93.0 Å². The summed E-state index contributed by atoms with van der Waals surface area (Å²) < 4.78 is 0. The molecule has 1 aromatic heterocycles. The standard InChI is InChI=1S/C10H15NO5/c1-13-15-6-5-9-8(7-16-14-2)3-4-10(12)11-9/h3-4H,5-7H2,1-2H3,(H,11,12). The van der Waals surface area contributed by atoms with Gasteiger partial charge in [-0.1, -0.05) is 0 Å². The molecular formula is C10H15NO5. The molecule has 0 fully saturated rings. The van der Waals surface area contributed by atoms with Crippen molar-refractivity contribution in [2.45, 2.75) is 13.0 Å². The van der Waals surface area contributed by atoms with E-state index in [1.165, 1.54) is 20.3 Å². The molecule has 0 aliphatic carbocycles. The van der Waals surface area contributed by atoms with Gasteiger partial charge >= 0.3 is 0 Å². The largest absolute Gasteiger partial charge is 0.326 e. The number of hydrogen-bond acceptors (Lipinski definition) is 5. The summed E-state index contributed by atoms with van der Waals surface area (Å²) in [5.74, 6) is 0. The SMILES string of the molecule is COOCCc1[nH]c(=O)ccc1COOC. The van der Waals surface area contributed by atoms with Crippen molar-refractivity contribution in [1.29, 1.82) is 0 Å². The molecule has 6 heteroatoms. The zero-order valence-corrected chi connectivity index (χ0v) is 9.32. The number of pyridine rings is 1. The van der Waals surface area contributed by atoms with Crippen molar-refractivity contribution in [3.63, 3.8) is 0 Å². The van der Waals surface area contributed by atoms with Gasteiger partial charge in [-0.05, 0) is 6.07 Å². The minimum Gasteiger partial charge on any atom is -0.326 e. The smallest absolute Gasteiger partial charge is 0.248 e. The summed E-state index contributed by atoms with van der Waals surface area (Å²) in [6.07, 6.45) is 0.534. The molecule has 6 nitrogen and oxygen atoms in total. The van der Waals surface area contributed by atoms with Gasteiger partial charge in [-0.15, -0.1) is 0 Å². The van der Waals surface area contributed by atoms with Crippen molar-refractivity contribution < 1.29 is 19.6 Å². The van der Waals surface area contributed by atoms with Crippen LogP contribution in [0.15, 0.2) is 16.9 Å². The number of aromatic amines is 1. The van der Waals surface area contributed by atoms with E-state index in [4.69, 9.17) is 9.78 Å². The lowest BCUT2D eigenvalue weighted by Gasteiger charge is -2.07. The van der Waals surface area contributed by atoms with Crippen LogP contribution in [0.1, 0.15) is 11.3 Å². The highest BCUT2D eigenvalue weighted by atomic mass is 17.2. The van der Waals surface area contributed by atoms with E-state index in [0.29, 0.717) is 13.0 Å². The molecule has 90 valence electrons. The molecule has 1 N–H and O–H groups in total. The van der Waals surface area contributed by atoms with E-state index < -0.39 is 0 Å². The van der Waals surface area contributed by atoms with Gasteiger partial charge in [0.25, 0.3) is 0 Å². The first-order valence-electron chi connectivity index (χ1n) is 4.80. The number of hydrogen-bond donors (Lipinski definition) is 1. The lowest BCUT2D eigenvalue weighted by atomic mass is 10.1. The molecule has 0 saturated heterocycles. The molecule has 1 rings (SSSR count). The van der Waals surface area contributed by atoms with Crippen LogP contribution in [0.5, 0.6) is 0 Å². The van der Waals surface area contributed by atoms with E-state index >= 15 is 0 Å². The van der Waals surface area contributed by atoms with Crippen LogP contribution in [0.25, 0.3) is 0 Å². The van der Waals surface area contributed by atoms with E-state index in [1.807, 2.05) is 0 Å². The molecule has 16 heavy (non-hydrogen) atoms. The summed E-state index contributed by atoms with van der Waals surface area (Å²) in [6, 6.07) is 3.13. The zero-order valence-electron chi connectivity index (χ0n) is 9.32. The van der Waals surface area contributed by atoms with Gasteiger partial charge in [0, 0.05) is 23.7 Å². The van der Waals surface area contributed by atoms with Crippen LogP contribution in [0.2, 0.25) is 0 Å². The van der Waals surface area contributed by atoms with Gasteiger partial charge in [0.2, 0.25) is 5.56 Å². The Morgan fingerprint density at radius 3 is 2.62 bits per heavy atom. The van der Waals surface area contributed by atoms with E-state index in [9.17, 15) is 4.79 Å². The van der Waals surface area contributed by atoms with E-state index in [-0.39, 0.29) is 12.2 Å². The summed E-state index contributed by atoms with van der Waals surface area (Å²) in [7, 11) is 2.86. The van der Waals surface area contributed by atoms with Crippen LogP contribution in [0, 0.1) is 0 Å². The van der Waals surface area contributed by atoms with Crippen molar-refractivity contribution in [2.24, 2.45) is 0 Å². The first kappa shape index (κ1) is 12.9. The quantitative estimate of drug-likeness (QED) is 0.420. The van der Waals surface area contributed by atoms with Crippen molar-refractivity contribution >= 4 is 0 Å². The molecule has 0 unspecified atom stereocenters. The topological polar surface area (TPSA) is 69.8 Å². The maximum Gasteiger partial charge on any atom is 0.248 e. The predicted molar refractivity (Wildman–Crippen MR) is 55.5 cm³/mol. The molecular weight excluding hydrogens is 214 g/mol. The van der Waals surface area contributed by atoms with Gasteiger partial charge in [0.1, 0.15) is 6.61 Å². The second-order valence-electron chi connectivity index (χ2n) is 2.99. The summed E-state index contributed by atoms with van der Waals surface area (Å²) in [4.78, 5) is 32.4. The summed E-state index contributed by atoms with van der Waals surface area (Å²) in [5, 5.41) is 0. The van der Waals surface area contributed by atoms with E-state index in [2.05, 4.69) is 14.8 Å². The highest BCUT2D eigenvalue weighted by Gasteiger charge is 2.04. The van der Waals surface area contributed by atoms with Gasteiger partial charge in [-0.3, -0.25) is 4.79 Å². The monoisotopic (exact) mass is 229 g/mol. The summed E-state index contributed by atoms with van der Waals surface area (Å²) in [6.45, 7) is 0.631. The van der Waals surface area contributed by atoms with Crippen LogP contribution in [-0.4, -0.2) is 25.8 Å². The number of rotatable bonds is 7. The molecule has 0 saturated carbocycles. The number of H-pyrrole nitrogens is 1. The fourth-order valence-electron chi connectivity index (χ4n) is 1.26. The summed E-state index contributed by atoms with van der Waals surface area (Å²) in [5.41, 5.74) is 1.44. The average molecular weight is 229 g/mol. The lowest BCUT2D eigenvalue weighted by molar-refractivity contribution is -0.282. The summed E-state index contributed by atoms with van der Waals surface area (Å²) >= 11 is 0. The molecule has 0 aromatic carbocycles. The Morgan fingerprint density at radius 1 is 1.19 bits per heavy atom. The van der Waals surface area contributed by atoms with E-state index in [1.54, 1.807) is 6.07 Å². The van der Waals surface area contributed by atoms with Crippen molar-refractivity contribution in [2.75, 3.05) is 20.8 Å². The number of aromatic nitrogens is 1. The Bertz CT molecular complexity index is 362. The predicted octanol–water partition coefficient (Wildman–Crippen LogP) is 0.573. The Hall–Kier alpha value is -1.21. The van der Waals surface area contributed by atoms with E-state index in [0.717, 1.165) is 11.3 Å². The van der Waals surface area contributed by atoms with Crippen LogP contribution in [0.3, 0.4) is 0 Å². The second-order valence-corrected chi connectivity index (χ2v) is 2.99. The average Bonchev–Trinajstić information content (AvgIpc) is 2.28. The zero-order chi connectivity index (χ0) is 11.8. The van der Waals surface area contributed by atoms with Crippen LogP contribution >= 0.6 is 0 Å². The molecule has 0 amide bonds. The molecule has 0 bridgehead atoms. The van der Waals surface area contributed by atoms with Crippen LogP contribution in [-0.2, 0) is 32.6 Å². The maximum absolute atomic E-state index is 11.1. The first-order chi connectivity index (χ1) is 7.77. The fourth-order valence-corrected chi connectivity index (χ4v) is 1.26. The highest BCUT2D eigenvalue weighted by molar-refractivity contribution is 5.19. The van der Waals surface area contributed by atoms with Gasteiger partial charge in [0.05, 0.1) is 20.8 Å². The van der Waals surface area contributed by atoms with Gasteiger partial charge < -0.3 is 4.98 Å². The minimum atomic E-state index is -0.159. The normalized spacial score (nSPS) is 10.6. The Morgan fingerprint density at radius 2 is 1.94 bits per heavy atom. The van der Waals surface area contributed by atoms with Crippen LogP contribution in [0.4, 0.5) is 0 Å². The molecule has 0 aliphatic heterocycles. The van der Waals surface area contributed by atoms with Crippen molar-refractivity contribution in [3.05, 3.63) is 33.7 Å². The van der Waals surface area contributed by atoms with Gasteiger partial charge in [-0.25, -0.2) is 19.6 Å².